The van der Waals surface area contributed by atoms with Gasteiger partial charge in [0.1, 0.15) is 11.3 Å². The van der Waals surface area contributed by atoms with Crippen molar-refractivity contribution in [1.29, 1.82) is 0 Å². The highest BCUT2D eigenvalue weighted by Crippen LogP contribution is 2.16. The van der Waals surface area contributed by atoms with Crippen LogP contribution in [0.2, 0.25) is 0 Å². The van der Waals surface area contributed by atoms with Crippen LogP contribution < -0.4 is 20.3 Å². The van der Waals surface area contributed by atoms with Crippen LogP contribution in [0, 0.1) is 19.1 Å². The number of benzene rings is 1. The van der Waals surface area contributed by atoms with Crippen LogP contribution in [-0.4, -0.2) is 18.4 Å². The lowest BCUT2D eigenvalue weighted by molar-refractivity contribution is -0.605. The summed E-state index contributed by atoms with van der Waals surface area (Å²) in [5, 5.41) is 11.1. The molecule has 2 N–H and O–H groups in total. The van der Waals surface area contributed by atoms with Gasteiger partial charge in [0.15, 0.2) is 19.0 Å². The molecule has 0 bridgehead atoms. The van der Waals surface area contributed by atoms with Crippen LogP contribution in [0.4, 0.5) is 0 Å². The highest BCUT2D eigenvalue weighted by molar-refractivity contribution is 5.94. The summed E-state index contributed by atoms with van der Waals surface area (Å²) in [4.78, 5) is 23.4. The van der Waals surface area contributed by atoms with Crippen LogP contribution in [0.3, 0.4) is 0 Å². The molecule has 7 nitrogen and oxygen atoms in total. The fraction of sp³-hybridized carbons (Fsp3) is 0.188. The maximum Gasteiger partial charge on any atom is 0.276 e. The number of amides is 2. The van der Waals surface area contributed by atoms with Gasteiger partial charge < -0.3 is 9.94 Å². The summed E-state index contributed by atoms with van der Waals surface area (Å²) < 4.78 is 5.84. The molecular formula is C16H17N3O4. The molecule has 0 aliphatic carbocycles. The highest BCUT2D eigenvalue weighted by Gasteiger charge is 2.10. The van der Waals surface area contributed by atoms with Crippen molar-refractivity contribution >= 4 is 11.8 Å². The molecule has 2 amide bonds. The molecule has 0 aliphatic rings. The maximum atomic E-state index is 11.7. The summed E-state index contributed by atoms with van der Waals surface area (Å²) in [6.07, 6.45) is 2.36. The molecular weight excluding hydrogens is 298 g/mol. The first-order chi connectivity index (χ1) is 11.0. The van der Waals surface area contributed by atoms with E-state index in [0.717, 1.165) is 17.3 Å². The van der Waals surface area contributed by atoms with Gasteiger partial charge in [0, 0.05) is 6.07 Å². The zero-order valence-electron chi connectivity index (χ0n) is 12.8. The van der Waals surface area contributed by atoms with Crippen LogP contribution in [0.15, 0.2) is 42.7 Å². The minimum absolute atomic E-state index is 0.137. The fourth-order valence-corrected chi connectivity index (χ4v) is 1.78. The average molecular weight is 315 g/mol. The Morgan fingerprint density at radius 3 is 2.65 bits per heavy atom. The number of pyridine rings is 1. The van der Waals surface area contributed by atoms with Gasteiger partial charge in [-0.15, -0.1) is 0 Å². The maximum absolute atomic E-state index is 11.7. The van der Waals surface area contributed by atoms with Crippen molar-refractivity contribution in [2.24, 2.45) is 0 Å². The monoisotopic (exact) mass is 315 g/mol. The number of hydrazine groups is 1. The number of hydrogen-bond donors (Lipinski definition) is 2. The first-order valence-electron chi connectivity index (χ1n) is 6.94. The Kier molecular flexibility index (Phi) is 5.14. The van der Waals surface area contributed by atoms with Crippen molar-refractivity contribution in [3.8, 4) is 5.75 Å². The van der Waals surface area contributed by atoms with E-state index in [0.29, 0.717) is 10.5 Å². The molecule has 0 atom stereocenters. The molecule has 0 aliphatic heterocycles. The Balaban J connectivity index is 1.81. The van der Waals surface area contributed by atoms with Crippen LogP contribution in [0.25, 0.3) is 0 Å². The van der Waals surface area contributed by atoms with Crippen LogP contribution in [-0.2, 0) is 4.79 Å². The van der Waals surface area contributed by atoms with E-state index in [-0.39, 0.29) is 12.2 Å². The highest BCUT2D eigenvalue weighted by atomic mass is 16.5. The fourth-order valence-electron chi connectivity index (χ4n) is 1.78. The molecule has 0 fully saturated rings. The van der Waals surface area contributed by atoms with Gasteiger partial charge in [0.25, 0.3) is 11.8 Å². The van der Waals surface area contributed by atoms with Crippen molar-refractivity contribution in [3.05, 3.63) is 64.6 Å². The molecule has 0 spiro atoms. The molecule has 120 valence electrons. The summed E-state index contributed by atoms with van der Waals surface area (Å²) in [5.41, 5.74) is 6.76. The van der Waals surface area contributed by atoms with Gasteiger partial charge >= 0.3 is 0 Å². The van der Waals surface area contributed by atoms with Gasteiger partial charge in [-0.2, -0.15) is 4.73 Å². The van der Waals surface area contributed by atoms with E-state index in [4.69, 9.17) is 4.74 Å². The number of hydrogen-bond acceptors (Lipinski definition) is 4. The largest absolute Gasteiger partial charge is 0.619 e. The molecule has 1 aromatic heterocycles. The number of ether oxygens (including phenoxy) is 1. The molecule has 0 radical (unpaired) electrons. The smallest absolute Gasteiger partial charge is 0.276 e. The lowest BCUT2D eigenvalue weighted by Gasteiger charge is -2.09. The molecule has 0 unspecified atom stereocenters. The molecule has 23 heavy (non-hydrogen) atoms. The van der Waals surface area contributed by atoms with Crippen molar-refractivity contribution in [3.63, 3.8) is 0 Å². The first kappa shape index (κ1) is 16.3. The van der Waals surface area contributed by atoms with Gasteiger partial charge in [-0.25, -0.2) is 0 Å². The third-order valence-electron chi connectivity index (χ3n) is 3.20. The van der Waals surface area contributed by atoms with Crippen molar-refractivity contribution in [2.45, 2.75) is 13.8 Å². The van der Waals surface area contributed by atoms with E-state index in [1.165, 1.54) is 18.3 Å². The average Bonchev–Trinajstić information content (AvgIpc) is 2.53. The summed E-state index contributed by atoms with van der Waals surface area (Å²) in [7, 11) is 0. The third-order valence-corrected chi connectivity index (χ3v) is 3.20. The Morgan fingerprint density at radius 1 is 1.17 bits per heavy atom. The number of carbonyl (C=O) groups is 2. The molecule has 2 rings (SSSR count). The van der Waals surface area contributed by atoms with Gasteiger partial charge in [-0.1, -0.05) is 6.07 Å². The van der Waals surface area contributed by atoms with Gasteiger partial charge in [0.2, 0.25) is 0 Å². The molecule has 7 heteroatoms. The number of carbonyl (C=O) groups excluding carboxylic acids is 2. The Morgan fingerprint density at radius 2 is 1.96 bits per heavy atom. The van der Waals surface area contributed by atoms with Crippen LogP contribution in [0.1, 0.15) is 21.5 Å². The molecule has 1 aromatic carbocycles. The molecule has 1 heterocycles. The summed E-state index contributed by atoms with van der Waals surface area (Å²) >= 11 is 0. The molecule has 0 saturated heterocycles. The van der Waals surface area contributed by atoms with Crippen LogP contribution in [0.5, 0.6) is 5.75 Å². The van der Waals surface area contributed by atoms with E-state index in [1.54, 1.807) is 6.07 Å². The van der Waals surface area contributed by atoms with E-state index >= 15 is 0 Å². The van der Waals surface area contributed by atoms with E-state index in [2.05, 4.69) is 10.9 Å². The second-order valence-corrected chi connectivity index (χ2v) is 4.99. The Labute approximate surface area is 133 Å². The number of nitrogens with zero attached hydrogens (tertiary/aromatic N) is 1. The number of aryl methyl sites for hydroxylation is 2. The minimum atomic E-state index is -0.588. The van der Waals surface area contributed by atoms with Gasteiger partial charge in [-0.05, 0) is 43.2 Å². The summed E-state index contributed by atoms with van der Waals surface area (Å²) in [6, 6.07) is 8.40. The van der Waals surface area contributed by atoms with Crippen molar-refractivity contribution < 1.29 is 19.1 Å². The number of rotatable bonds is 4. The normalized spacial score (nSPS) is 10.0. The summed E-state index contributed by atoms with van der Waals surface area (Å²) in [6.45, 7) is 3.69. The SMILES string of the molecule is Cc1ccc(OCC(=O)NNC(=O)c2ccc[n+]([O-])c2)cc1C. The van der Waals surface area contributed by atoms with Crippen LogP contribution >= 0.6 is 0 Å². The standard InChI is InChI=1S/C16H17N3O4/c1-11-5-6-14(8-12(11)2)23-10-15(20)17-18-16(21)13-4-3-7-19(22)9-13/h3-9H,10H2,1-2H3,(H,17,20)(H,18,21). The minimum Gasteiger partial charge on any atom is -0.619 e. The van der Waals surface area contributed by atoms with Gasteiger partial charge in [-0.3, -0.25) is 20.4 Å². The van der Waals surface area contributed by atoms with Gasteiger partial charge in [0.05, 0.1) is 0 Å². The second kappa shape index (κ2) is 7.26. The van der Waals surface area contributed by atoms with E-state index in [9.17, 15) is 14.8 Å². The zero-order chi connectivity index (χ0) is 16.8. The quantitative estimate of drug-likeness (QED) is 0.495. The van der Waals surface area contributed by atoms with Crippen molar-refractivity contribution in [2.75, 3.05) is 6.61 Å². The topological polar surface area (TPSA) is 94.4 Å². The molecule has 2 aromatic rings. The Bertz CT molecular complexity index is 731. The van der Waals surface area contributed by atoms with E-state index < -0.39 is 11.8 Å². The first-order valence-corrected chi connectivity index (χ1v) is 6.94. The predicted molar refractivity (Wildman–Crippen MR) is 82.4 cm³/mol. The second-order valence-electron chi connectivity index (χ2n) is 4.99. The predicted octanol–water partition coefficient (Wildman–Crippen LogP) is 0.777. The number of nitrogens with one attached hydrogen (secondary N) is 2. The lowest BCUT2D eigenvalue weighted by atomic mass is 10.1. The Hall–Kier alpha value is -3.09. The zero-order valence-corrected chi connectivity index (χ0v) is 12.8. The number of aromatic nitrogens is 1. The molecule has 0 saturated carbocycles. The summed E-state index contributed by atoms with van der Waals surface area (Å²) in [5.74, 6) is -0.526. The third kappa shape index (κ3) is 4.70. The van der Waals surface area contributed by atoms with E-state index in [1.807, 2.05) is 26.0 Å². The lowest BCUT2D eigenvalue weighted by Crippen LogP contribution is -2.44. The van der Waals surface area contributed by atoms with Crippen molar-refractivity contribution in [1.82, 2.24) is 10.9 Å².